The molecule has 2 unspecified atom stereocenters. The molecule has 0 radical (unpaired) electrons. The molecule has 1 aliphatic heterocycles. The molecular weight excluding hydrogens is 256 g/mol. The van der Waals surface area contributed by atoms with Crippen molar-refractivity contribution in [1.29, 1.82) is 0 Å². The Hall–Kier alpha value is -1.26. The fourth-order valence-electron chi connectivity index (χ4n) is 2.59. The zero-order valence-corrected chi connectivity index (χ0v) is 13.6. The third-order valence-electron chi connectivity index (χ3n) is 4.72. The lowest BCUT2D eigenvalue weighted by Gasteiger charge is -2.45. The van der Waals surface area contributed by atoms with E-state index < -0.39 is 11.5 Å². The van der Waals surface area contributed by atoms with Crippen molar-refractivity contribution in [1.82, 2.24) is 9.80 Å². The molecule has 2 atom stereocenters. The monoisotopic (exact) mass is 284 g/mol. The van der Waals surface area contributed by atoms with Gasteiger partial charge in [0.15, 0.2) is 0 Å². The van der Waals surface area contributed by atoms with E-state index in [1.54, 1.807) is 18.9 Å². The summed E-state index contributed by atoms with van der Waals surface area (Å²) in [5, 5.41) is 9.48. The molecule has 116 valence electrons. The lowest BCUT2D eigenvalue weighted by Crippen LogP contribution is -2.61. The Morgan fingerprint density at radius 2 is 1.85 bits per heavy atom. The van der Waals surface area contributed by atoms with Crippen molar-refractivity contribution >= 4 is 12.0 Å². The lowest BCUT2D eigenvalue weighted by atomic mass is 9.86. The SMILES string of the molecule is CC(N(C)C(=O)N1CCCCC1(C)C(=O)O)C(C)(C)C. The van der Waals surface area contributed by atoms with E-state index in [1.165, 1.54) is 4.90 Å². The standard InChI is InChI=1S/C15H28N2O3/c1-11(14(2,3)4)16(6)13(20)17-10-8-7-9-15(17,5)12(18)19/h11H,7-10H2,1-6H3,(H,18,19). The Labute approximate surface area is 121 Å². The Morgan fingerprint density at radius 1 is 1.30 bits per heavy atom. The van der Waals surface area contributed by atoms with Crippen molar-refractivity contribution in [3.8, 4) is 0 Å². The summed E-state index contributed by atoms with van der Waals surface area (Å²) >= 11 is 0. The number of hydrogen-bond donors (Lipinski definition) is 1. The zero-order valence-electron chi connectivity index (χ0n) is 13.6. The minimum Gasteiger partial charge on any atom is -0.480 e. The minimum absolute atomic E-state index is 0.0370. The Kier molecular flexibility index (Phi) is 4.72. The van der Waals surface area contributed by atoms with Gasteiger partial charge in [-0.05, 0) is 38.5 Å². The number of likely N-dealkylation sites (tertiary alicyclic amines) is 1. The summed E-state index contributed by atoms with van der Waals surface area (Å²) in [5.74, 6) is -0.914. The number of aliphatic carboxylic acids is 1. The number of amides is 2. The maximum Gasteiger partial charge on any atom is 0.329 e. The Balaban J connectivity index is 2.97. The van der Waals surface area contributed by atoms with Crippen molar-refractivity contribution in [3.05, 3.63) is 0 Å². The normalized spacial score (nSPS) is 25.2. The second-order valence-corrected chi connectivity index (χ2v) is 7.12. The van der Waals surface area contributed by atoms with Gasteiger partial charge in [0.25, 0.3) is 0 Å². The number of nitrogens with zero attached hydrogens (tertiary/aromatic N) is 2. The van der Waals surface area contributed by atoms with Gasteiger partial charge in [-0.3, -0.25) is 0 Å². The van der Waals surface area contributed by atoms with E-state index in [-0.39, 0.29) is 17.5 Å². The average Bonchev–Trinajstić information content (AvgIpc) is 2.35. The van der Waals surface area contributed by atoms with Gasteiger partial charge in [0.05, 0.1) is 0 Å². The first-order chi connectivity index (χ1) is 9.01. The summed E-state index contributed by atoms with van der Waals surface area (Å²) in [6, 6.07) is -0.146. The molecule has 1 saturated heterocycles. The van der Waals surface area contributed by atoms with E-state index in [4.69, 9.17) is 0 Å². The number of carboxylic acids is 1. The zero-order chi connectivity index (χ0) is 15.7. The number of carbonyl (C=O) groups excluding carboxylic acids is 1. The summed E-state index contributed by atoms with van der Waals surface area (Å²) in [7, 11) is 1.76. The first-order valence-corrected chi connectivity index (χ1v) is 7.29. The highest BCUT2D eigenvalue weighted by Crippen LogP contribution is 2.31. The maximum atomic E-state index is 12.7. The second kappa shape index (κ2) is 5.62. The van der Waals surface area contributed by atoms with Crippen LogP contribution in [-0.4, -0.2) is 52.1 Å². The van der Waals surface area contributed by atoms with Crippen LogP contribution in [0.5, 0.6) is 0 Å². The smallest absolute Gasteiger partial charge is 0.329 e. The van der Waals surface area contributed by atoms with E-state index >= 15 is 0 Å². The summed E-state index contributed by atoms with van der Waals surface area (Å²) in [6.45, 7) is 10.4. The van der Waals surface area contributed by atoms with Gasteiger partial charge in [-0.25, -0.2) is 9.59 Å². The Morgan fingerprint density at radius 3 is 2.30 bits per heavy atom. The average molecular weight is 284 g/mol. The molecule has 5 heteroatoms. The maximum absolute atomic E-state index is 12.7. The molecule has 0 spiro atoms. The highest BCUT2D eigenvalue weighted by atomic mass is 16.4. The van der Waals surface area contributed by atoms with Crippen LogP contribution in [0.3, 0.4) is 0 Å². The molecule has 1 N–H and O–H groups in total. The minimum atomic E-state index is -1.08. The van der Waals surface area contributed by atoms with Crippen molar-refractivity contribution in [2.75, 3.05) is 13.6 Å². The summed E-state index contributed by atoms with van der Waals surface area (Å²) < 4.78 is 0. The number of piperidine rings is 1. The van der Waals surface area contributed by atoms with Crippen LogP contribution >= 0.6 is 0 Å². The number of urea groups is 1. The van der Waals surface area contributed by atoms with Crippen LogP contribution in [0.15, 0.2) is 0 Å². The van der Waals surface area contributed by atoms with Crippen LogP contribution in [0, 0.1) is 5.41 Å². The fourth-order valence-corrected chi connectivity index (χ4v) is 2.59. The van der Waals surface area contributed by atoms with Gasteiger partial charge >= 0.3 is 12.0 Å². The van der Waals surface area contributed by atoms with Gasteiger partial charge in [0.1, 0.15) is 5.54 Å². The number of carboxylic acid groups (broad SMARTS) is 1. The lowest BCUT2D eigenvalue weighted by molar-refractivity contribution is -0.151. The van der Waals surface area contributed by atoms with Gasteiger partial charge in [0, 0.05) is 19.6 Å². The quantitative estimate of drug-likeness (QED) is 0.848. The van der Waals surface area contributed by atoms with Crippen molar-refractivity contribution < 1.29 is 14.7 Å². The van der Waals surface area contributed by atoms with E-state index in [0.29, 0.717) is 13.0 Å². The van der Waals surface area contributed by atoms with Crippen LogP contribution in [0.2, 0.25) is 0 Å². The third-order valence-corrected chi connectivity index (χ3v) is 4.72. The molecule has 0 aromatic carbocycles. The first kappa shape index (κ1) is 16.8. The van der Waals surface area contributed by atoms with E-state index in [0.717, 1.165) is 12.8 Å². The van der Waals surface area contributed by atoms with Crippen LogP contribution in [0.1, 0.15) is 53.9 Å². The van der Waals surface area contributed by atoms with Gasteiger partial charge in [0.2, 0.25) is 0 Å². The number of hydrogen-bond acceptors (Lipinski definition) is 2. The van der Waals surface area contributed by atoms with Crippen LogP contribution in [0.25, 0.3) is 0 Å². The molecular formula is C15H28N2O3. The molecule has 5 nitrogen and oxygen atoms in total. The van der Waals surface area contributed by atoms with Gasteiger partial charge < -0.3 is 14.9 Å². The molecule has 0 saturated carbocycles. The van der Waals surface area contributed by atoms with E-state index in [9.17, 15) is 14.7 Å². The van der Waals surface area contributed by atoms with E-state index in [1.807, 2.05) is 6.92 Å². The summed E-state index contributed by atoms with van der Waals surface area (Å²) in [6.07, 6.45) is 2.24. The van der Waals surface area contributed by atoms with Crippen molar-refractivity contribution in [2.45, 2.75) is 65.5 Å². The number of carbonyl (C=O) groups is 2. The molecule has 0 aromatic rings. The van der Waals surface area contributed by atoms with Crippen molar-refractivity contribution in [3.63, 3.8) is 0 Å². The predicted molar refractivity (Wildman–Crippen MR) is 78.7 cm³/mol. The largest absolute Gasteiger partial charge is 0.480 e. The summed E-state index contributed by atoms with van der Waals surface area (Å²) in [5.41, 5.74) is -1.12. The fraction of sp³-hybridized carbons (Fsp3) is 0.867. The molecule has 1 rings (SSSR count). The predicted octanol–water partition coefficient (Wildman–Crippen LogP) is 2.80. The number of rotatable bonds is 2. The van der Waals surface area contributed by atoms with E-state index in [2.05, 4.69) is 20.8 Å². The Bertz CT molecular complexity index is 389. The first-order valence-electron chi connectivity index (χ1n) is 7.29. The topological polar surface area (TPSA) is 60.9 Å². The molecule has 0 aromatic heterocycles. The van der Waals surface area contributed by atoms with Gasteiger partial charge in [-0.1, -0.05) is 20.8 Å². The molecule has 20 heavy (non-hydrogen) atoms. The van der Waals surface area contributed by atoms with Crippen molar-refractivity contribution in [2.24, 2.45) is 5.41 Å². The van der Waals surface area contributed by atoms with Crippen LogP contribution in [-0.2, 0) is 4.79 Å². The molecule has 1 aliphatic rings. The highest BCUT2D eigenvalue weighted by Gasteiger charge is 2.45. The third kappa shape index (κ3) is 3.07. The van der Waals surface area contributed by atoms with Crippen LogP contribution < -0.4 is 0 Å². The molecule has 0 aliphatic carbocycles. The molecule has 1 fully saturated rings. The molecule has 2 amide bonds. The van der Waals surface area contributed by atoms with Gasteiger partial charge in [-0.2, -0.15) is 0 Å². The molecule has 0 bridgehead atoms. The van der Waals surface area contributed by atoms with Gasteiger partial charge in [-0.15, -0.1) is 0 Å². The highest BCUT2D eigenvalue weighted by molar-refractivity contribution is 5.86. The molecule has 1 heterocycles. The second-order valence-electron chi connectivity index (χ2n) is 7.12. The summed E-state index contributed by atoms with van der Waals surface area (Å²) in [4.78, 5) is 27.5. The van der Waals surface area contributed by atoms with Crippen LogP contribution in [0.4, 0.5) is 4.79 Å².